The van der Waals surface area contributed by atoms with E-state index in [1.54, 1.807) is 0 Å². The number of amides is 2. The van der Waals surface area contributed by atoms with Crippen LogP contribution in [-0.4, -0.2) is 32.9 Å². The molecule has 0 fully saturated rings. The minimum Gasteiger partial charge on any atom is -0.478 e. The van der Waals surface area contributed by atoms with E-state index in [1.165, 1.54) is 25.1 Å². The van der Waals surface area contributed by atoms with E-state index in [1.807, 2.05) is 15.6 Å². The summed E-state index contributed by atoms with van der Waals surface area (Å²) in [5.74, 6) is -3.04. The van der Waals surface area contributed by atoms with Crippen LogP contribution in [0.25, 0.3) is 0 Å². The van der Waals surface area contributed by atoms with Gasteiger partial charge in [-0.25, -0.2) is 21.9 Å². The van der Waals surface area contributed by atoms with Crippen LogP contribution in [0, 0.1) is 11.6 Å². The largest absolute Gasteiger partial charge is 0.478 e. The predicted octanol–water partition coefficient (Wildman–Crippen LogP) is 0.858. The number of nitrogens with one attached hydrogen (secondary N) is 3. The van der Waals surface area contributed by atoms with Crippen LogP contribution in [-0.2, 0) is 19.6 Å². The number of halogens is 2. The van der Waals surface area contributed by atoms with Gasteiger partial charge in [-0.15, -0.1) is 0 Å². The van der Waals surface area contributed by atoms with E-state index in [-0.39, 0.29) is 10.6 Å². The van der Waals surface area contributed by atoms with E-state index >= 15 is 0 Å². The molecule has 150 valence electrons. The SMILES string of the molecule is C[C@H](Oc1ccccc1F)C(=O)NNC(=O)CNS(=O)(=O)c1ccc(F)cc1. The second kappa shape index (κ2) is 9.24. The smallest absolute Gasteiger partial charge is 0.279 e. The second-order valence-corrected chi connectivity index (χ2v) is 7.27. The van der Waals surface area contributed by atoms with Crippen molar-refractivity contribution in [2.24, 2.45) is 0 Å². The molecular weight excluding hydrogens is 396 g/mol. The molecule has 0 saturated heterocycles. The molecular formula is C17H17F2N3O5S. The van der Waals surface area contributed by atoms with E-state index < -0.39 is 46.1 Å². The van der Waals surface area contributed by atoms with Gasteiger partial charge in [-0.2, -0.15) is 0 Å². The number of carbonyl (C=O) groups excluding carboxylic acids is 2. The standard InChI is InChI=1S/C17H17F2N3O5S/c1-11(27-15-5-3-2-4-14(15)19)17(24)22-21-16(23)10-20-28(25,26)13-8-6-12(18)7-9-13/h2-9,11,20H,10H2,1H3,(H,21,23)(H,22,24)/t11-/m0/s1. The number of hydrazine groups is 1. The second-order valence-electron chi connectivity index (χ2n) is 5.51. The van der Waals surface area contributed by atoms with E-state index in [4.69, 9.17) is 4.74 Å². The number of hydrogen-bond donors (Lipinski definition) is 3. The summed E-state index contributed by atoms with van der Waals surface area (Å²) in [5.41, 5.74) is 4.03. The van der Waals surface area contributed by atoms with Crippen molar-refractivity contribution in [3.8, 4) is 5.75 Å². The minimum absolute atomic E-state index is 0.136. The van der Waals surface area contributed by atoms with E-state index in [2.05, 4.69) is 0 Å². The van der Waals surface area contributed by atoms with E-state index in [0.717, 1.165) is 30.3 Å². The van der Waals surface area contributed by atoms with Gasteiger partial charge in [-0.3, -0.25) is 20.4 Å². The van der Waals surface area contributed by atoms with Crippen LogP contribution < -0.4 is 20.3 Å². The molecule has 0 saturated carbocycles. The molecule has 2 amide bonds. The van der Waals surface area contributed by atoms with E-state index in [0.29, 0.717) is 0 Å². The first kappa shape index (κ1) is 21.3. The summed E-state index contributed by atoms with van der Waals surface area (Å²) < 4.78 is 57.4. The first-order chi connectivity index (χ1) is 13.2. The number of benzene rings is 2. The molecule has 3 N–H and O–H groups in total. The Morgan fingerprint density at radius 1 is 1.04 bits per heavy atom. The van der Waals surface area contributed by atoms with Gasteiger partial charge < -0.3 is 4.74 Å². The van der Waals surface area contributed by atoms with Gasteiger partial charge in [0.1, 0.15) is 5.82 Å². The summed E-state index contributed by atoms with van der Waals surface area (Å²) in [4.78, 5) is 23.3. The van der Waals surface area contributed by atoms with Gasteiger partial charge in [-0.05, 0) is 43.3 Å². The van der Waals surface area contributed by atoms with Crippen LogP contribution in [0.1, 0.15) is 6.92 Å². The lowest BCUT2D eigenvalue weighted by atomic mass is 10.3. The van der Waals surface area contributed by atoms with Gasteiger partial charge in [-0.1, -0.05) is 12.1 Å². The van der Waals surface area contributed by atoms with Crippen LogP contribution in [0.3, 0.4) is 0 Å². The van der Waals surface area contributed by atoms with Gasteiger partial charge >= 0.3 is 0 Å². The molecule has 28 heavy (non-hydrogen) atoms. The summed E-state index contributed by atoms with van der Waals surface area (Å²) in [5, 5.41) is 0. The summed E-state index contributed by atoms with van der Waals surface area (Å²) in [7, 11) is -4.03. The Labute approximate surface area is 159 Å². The fourth-order valence-electron chi connectivity index (χ4n) is 1.92. The van der Waals surface area contributed by atoms with Crippen molar-refractivity contribution in [1.29, 1.82) is 0 Å². The zero-order valence-corrected chi connectivity index (χ0v) is 15.4. The molecule has 11 heteroatoms. The Morgan fingerprint density at radius 2 is 1.68 bits per heavy atom. The third-order valence-electron chi connectivity index (χ3n) is 3.38. The highest BCUT2D eigenvalue weighted by atomic mass is 32.2. The molecule has 2 aromatic carbocycles. The Morgan fingerprint density at radius 3 is 2.32 bits per heavy atom. The van der Waals surface area contributed by atoms with Crippen molar-refractivity contribution in [3.63, 3.8) is 0 Å². The maximum Gasteiger partial charge on any atom is 0.279 e. The molecule has 0 radical (unpaired) electrons. The molecule has 2 aromatic rings. The summed E-state index contributed by atoms with van der Waals surface area (Å²) >= 11 is 0. The minimum atomic E-state index is -4.03. The van der Waals surface area contributed by atoms with Crippen LogP contribution in [0.5, 0.6) is 5.75 Å². The summed E-state index contributed by atoms with van der Waals surface area (Å²) in [6, 6.07) is 9.49. The quantitative estimate of drug-likeness (QED) is 0.583. The number of rotatable bonds is 7. The molecule has 0 heterocycles. The van der Waals surface area contributed by atoms with Crippen molar-refractivity contribution < 1.29 is 31.5 Å². The van der Waals surface area contributed by atoms with Gasteiger partial charge in [0, 0.05) is 0 Å². The van der Waals surface area contributed by atoms with Gasteiger partial charge in [0.25, 0.3) is 11.8 Å². The highest BCUT2D eigenvalue weighted by Gasteiger charge is 2.18. The first-order valence-electron chi connectivity index (χ1n) is 7.94. The number of ether oxygens (including phenoxy) is 1. The fourth-order valence-corrected chi connectivity index (χ4v) is 2.90. The average Bonchev–Trinajstić information content (AvgIpc) is 2.66. The Bertz CT molecular complexity index is 952. The highest BCUT2D eigenvalue weighted by Crippen LogP contribution is 2.16. The average molecular weight is 413 g/mol. The Kier molecular flexibility index (Phi) is 7.01. The molecule has 1 atom stereocenters. The number of para-hydroxylation sites is 1. The number of carbonyl (C=O) groups is 2. The Balaban J connectivity index is 1.80. The van der Waals surface area contributed by atoms with Crippen molar-refractivity contribution in [2.45, 2.75) is 17.9 Å². The zero-order chi connectivity index (χ0) is 20.7. The monoisotopic (exact) mass is 413 g/mol. The molecule has 0 aliphatic carbocycles. The van der Waals surface area contributed by atoms with Crippen molar-refractivity contribution in [1.82, 2.24) is 15.6 Å². The van der Waals surface area contributed by atoms with Crippen molar-refractivity contribution in [2.75, 3.05) is 6.54 Å². The lowest BCUT2D eigenvalue weighted by Crippen LogP contribution is -2.50. The third kappa shape index (κ3) is 5.99. The van der Waals surface area contributed by atoms with Crippen LogP contribution in [0.15, 0.2) is 53.4 Å². The molecule has 0 aliphatic heterocycles. The van der Waals surface area contributed by atoms with Gasteiger partial charge in [0.05, 0.1) is 11.4 Å². The number of sulfonamides is 1. The molecule has 0 aliphatic rings. The van der Waals surface area contributed by atoms with Crippen LogP contribution >= 0.6 is 0 Å². The molecule has 0 unspecified atom stereocenters. The summed E-state index contributed by atoms with van der Waals surface area (Å²) in [6.07, 6.45) is -1.13. The molecule has 0 spiro atoms. The first-order valence-corrected chi connectivity index (χ1v) is 9.42. The predicted molar refractivity (Wildman–Crippen MR) is 94.4 cm³/mol. The van der Waals surface area contributed by atoms with Crippen LogP contribution in [0.2, 0.25) is 0 Å². The fraction of sp³-hybridized carbons (Fsp3) is 0.176. The van der Waals surface area contributed by atoms with Crippen molar-refractivity contribution in [3.05, 3.63) is 60.2 Å². The van der Waals surface area contributed by atoms with Crippen molar-refractivity contribution >= 4 is 21.8 Å². The third-order valence-corrected chi connectivity index (χ3v) is 4.80. The molecule has 0 bridgehead atoms. The number of hydrogen-bond acceptors (Lipinski definition) is 5. The molecule has 2 rings (SSSR count). The lowest BCUT2D eigenvalue weighted by molar-refractivity contribution is -0.132. The maximum absolute atomic E-state index is 13.5. The molecule has 0 aromatic heterocycles. The topological polar surface area (TPSA) is 114 Å². The van der Waals surface area contributed by atoms with Gasteiger partial charge in [0.2, 0.25) is 10.0 Å². The summed E-state index contributed by atoms with van der Waals surface area (Å²) in [6.45, 7) is 0.660. The van der Waals surface area contributed by atoms with E-state index in [9.17, 15) is 26.8 Å². The van der Waals surface area contributed by atoms with Gasteiger partial charge in [0.15, 0.2) is 17.7 Å². The maximum atomic E-state index is 13.5. The zero-order valence-electron chi connectivity index (χ0n) is 14.6. The molecule has 8 nitrogen and oxygen atoms in total. The lowest BCUT2D eigenvalue weighted by Gasteiger charge is -2.15. The Hall–Kier alpha value is -3.05. The highest BCUT2D eigenvalue weighted by molar-refractivity contribution is 7.89. The normalized spacial score (nSPS) is 12.1. The van der Waals surface area contributed by atoms with Crippen LogP contribution in [0.4, 0.5) is 8.78 Å².